The van der Waals surface area contributed by atoms with Crippen LogP contribution in [0, 0.1) is 0 Å². The van der Waals surface area contributed by atoms with Crippen LogP contribution in [-0.4, -0.2) is 59.0 Å². The summed E-state index contributed by atoms with van der Waals surface area (Å²) in [6.45, 7) is 8.79. The van der Waals surface area contributed by atoms with Gasteiger partial charge in [-0.15, -0.1) is 0 Å². The van der Waals surface area contributed by atoms with E-state index >= 15 is 0 Å². The molecule has 0 saturated carbocycles. The van der Waals surface area contributed by atoms with Crippen molar-refractivity contribution >= 4 is 8.32 Å². The van der Waals surface area contributed by atoms with Crippen LogP contribution in [0.3, 0.4) is 0 Å². The topological polar surface area (TPSA) is 49.4 Å². The van der Waals surface area contributed by atoms with Crippen LogP contribution < -0.4 is 14.2 Å². The molecular weight excluding hydrogens is 374 g/mol. The third-order valence-corrected chi connectivity index (χ3v) is 7.51. The minimum atomic E-state index is -1.73. The molecule has 152 valence electrons. The number of hydrogen-bond acceptors (Lipinski definition) is 6. The molecule has 1 aromatic carbocycles. The summed E-state index contributed by atoms with van der Waals surface area (Å²) in [4.78, 5) is 2.55. The first kappa shape index (κ1) is 18.5. The van der Waals surface area contributed by atoms with Gasteiger partial charge in [-0.1, -0.05) is 12.2 Å². The Hall–Kier alpha value is -1.54. The Morgan fingerprint density at radius 3 is 2.75 bits per heavy atom. The number of methoxy groups -OCH3 is 2. The highest BCUT2D eigenvalue weighted by atomic mass is 28.4. The van der Waals surface area contributed by atoms with E-state index < -0.39 is 8.32 Å². The van der Waals surface area contributed by atoms with Gasteiger partial charge in [0.1, 0.15) is 0 Å². The minimum absolute atomic E-state index is 0.115. The summed E-state index contributed by atoms with van der Waals surface area (Å²) in [6, 6.07) is 2.52. The van der Waals surface area contributed by atoms with E-state index in [0.29, 0.717) is 6.04 Å². The maximum absolute atomic E-state index is 6.78. The molecule has 3 aliphatic heterocycles. The lowest BCUT2D eigenvalue weighted by molar-refractivity contribution is 0.0675. The van der Waals surface area contributed by atoms with E-state index in [9.17, 15) is 0 Å². The molecule has 28 heavy (non-hydrogen) atoms. The molecule has 0 amide bonds. The lowest BCUT2D eigenvalue weighted by Crippen LogP contribution is -2.54. The van der Waals surface area contributed by atoms with Gasteiger partial charge in [0.25, 0.3) is 0 Å². The SMILES string of the molecule is COc1c2c(cc3c1OCO3)C13C=CC(OC)CC1N(C2)CC3O[Si](C)(C)C. The average Bonchev–Trinajstić information content (AvgIpc) is 3.20. The van der Waals surface area contributed by atoms with Crippen LogP contribution in [-0.2, 0) is 21.1 Å². The Morgan fingerprint density at radius 1 is 1.21 bits per heavy atom. The summed E-state index contributed by atoms with van der Waals surface area (Å²) in [5.41, 5.74) is 2.25. The van der Waals surface area contributed by atoms with Crippen LogP contribution >= 0.6 is 0 Å². The lowest BCUT2D eigenvalue weighted by atomic mass is 9.65. The number of hydrogen-bond donors (Lipinski definition) is 0. The van der Waals surface area contributed by atoms with E-state index in [-0.39, 0.29) is 24.4 Å². The van der Waals surface area contributed by atoms with Gasteiger partial charge in [-0.05, 0) is 37.7 Å². The quantitative estimate of drug-likeness (QED) is 0.569. The van der Waals surface area contributed by atoms with Crippen molar-refractivity contribution in [1.29, 1.82) is 0 Å². The van der Waals surface area contributed by atoms with Gasteiger partial charge in [-0.3, -0.25) is 4.90 Å². The van der Waals surface area contributed by atoms with Gasteiger partial charge in [0.15, 0.2) is 19.8 Å². The van der Waals surface area contributed by atoms with Gasteiger partial charge in [0.05, 0.1) is 24.7 Å². The zero-order valence-corrected chi connectivity index (χ0v) is 18.3. The first-order chi connectivity index (χ1) is 13.4. The molecule has 1 aliphatic carbocycles. The summed E-state index contributed by atoms with van der Waals surface area (Å²) in [6.07, 6.45) is 5.79. The van der Waals surface area contributed by atoms with Crippen molar-refractivity contribution in [1.82, 2.24) is 4.90 Å². The van der Waals surface area contributed by atoms with Crippen LogP contribution in [0.5, 0.6) is 17.2 Å². The lowest BCUT2D eigenvalue weighted by Gasteiger charge is -2.48. The van der Waals surface area contributed by atoms with Crippen LogP contribution in [0.4, 0.5) is 0 Å². The largest absolute Gasteiger partial charge is 0.492 e. The Bertz CT molecular complexity index is 835. The fourth-order valence-corrected chi connectivity index (χ4v) is 6.63. The van der Waals surface area contributed by atoms with Crippen molar-refractivity contribution in [3.8, 4) is 17.2 Å². The molecule has 4 aliphatic rings. The van der Waals surface area contributed by atoms with Crippen LogP contribution in [0.15, 0.2) is 18.2 Å². The van der Waals surface area contributed by atoms with Gasteiger partial charge in [0, 0.05) is 31.8 Å². The van der Waals surface area contributed by atoms with E-state index in [1.807, 2.05) is 0 Å². The molecule has 5 unspecified atom stereocenters. The summed E-state index contributed by atoms with van der Waals surface area (Å²) >= 11 is 0. The molecule has 0 aromatic heterocycles. The minimum Gasteiger partial charge on any atom is -0.492 e. The van der Waals surface area contributed by atoms with Crippen LogP contribution in [0.25, 0.3) is 0 Å². The van der Waals surface area contributed by atoms with Crippen molar-refractivity contribution in [2.24, 2.45) is 0 Å². The molecule has 1 fully saturated rings. The highest BCUT2D eigenvalue weighted by molar-refractivity contribution is 6.69. The highest BCUT2D eigenvalue weighted by Gasteiger charge is 2.60. The summed E-state index contributed by atoms with van der Waals surface area (Å²) in [7, 11) is 1.77. The van der Waals surface area contributed by atoms with Gasteiger partial charge in [0.2, 0.25) is 12.5 Å². The summed E-state index contributed by atoms with van der Waals surface area (Å²) in [5, 5.41) is 0. The van der Waals surface area contributed by atoms with E-state index in [1.165, 1.54) is 11.1 Å². The highest BCUT2D eigenvalue weighted by Crippen LogP contribution is 2.58. The predicted octanol–water partition coefficient (Wildman–Crippen LogP) is 3.05. The van der Waals surface area contributed by atoms with Crippen molar-refractivity contribution in [2.45, 2.75) is 56.3 Å². The Balaban J connectivity index is 1.72. The first-order valence-electron chi connectivity index (χ1n) is 10.0. The van der Waals surface area contributed by atoms with Gasteiger partial charge in [-0.2, -0.15) is 0 Å². The Morgan fingerprint density at radius 2 is 2.04 bits per heavy atom. The number of nitrogens with zero attached hydrogens (tertiary/aromatic N) is 1. The second-order valence-corrected chi connectivity index (χ2v) is 13.6. The fraction of sp³-hybridized carbons (Fsp3) is 0.619. The number of rotatable bonds is 4. The average molecular weight is 404 g/mol. The van der Waals surface area contributed by atoms with Crippen molar-refractivity contribution < 1.29 is 23.4 Å². The van der Waals surface area contributed by atoms with Crippen molar-refractivity contribution in [2.75, 3.05) is 27.6 Å². The second kappa shape index (κ2) is 6.23. The molecule has 6 nitrogen and oxygen atoms in total. The Labute approximate surface area is 167 Å². The molecule has 0 spiro atoms. The second-order valence-electron chi connectivity index (χ2n) is 9.14. The molecule has 5 rings (SSSR count). The predicted molar refractivity (Wildman–Crippen MR) is 108 cm³/mol. The van der Waals surface area contributed by atoms with Crippen LogP contribution in [0.2, 0.25) is 19.6 Å². The van der Waals surface area contributed by atoms with E-state index in [1.54, 1.807) is 14.2 Å². The number of fused-ring (bicyclic) bond motifs is 2. The third kappa shape index (κ3) is 2.49. The molecule has 1 saturated heterocycles. The van der Waals surface area contributed by atoms with Gasteiger partial charge >= 0.3 is 0 Å². The van der Waals surface area contributed by atoms with E-state index in [4.69, 9.17) is 23.4 Å². The Kier molecular flexibility index (Phi) is 4.11. The molecule has 7 heteroatoms. The molecule has 0 N–H and O–H groups in total. The normalized spacial score (nSPS) is 34.9. The van der Waals surface area contributed by atoms with Gasteiger partial charge < -0.3 is 23.4 Å². The third-order valence-electron chi connectivity index (χ3n) is 6.52. The van der Waals surface area contributed by atoms with Gasteiger partial charge in [-0.25, -0.2) is 0 Å². The van der Waals surface area contributed by atoms with Crippen molar-refractivity contribution in [3.63, 3.8) is 0 Å². The van der Waals surface area contributed by atoms with Crippen molar-refractivity contribution in [3.05, 3.63) is 29.3 Å². The summed E-state index contributed by atoms with van der Waals surface area (Å²) < 4.78 is 29.8. The molecule has 1 aromatic rings. The standard InChI is InChI=1S/C21H29NO5Si/c1-23-13-6-7-21-15-9-16-20(26-12-25-16)19(24-2)14(15)10-22(17(21)8-13)11-18(21)27-28(3,4)5/h6-7,9,13,17-18H,8,10-12H2,1-5H3. The zero-order valence-electron chi connectivity index (χ0n) is 17.3. The number of ether oxygens (including phenoxy) is 4. The molecule has 3 heterocycles. The molecule has 0 radical (unpaired) electrons. The maximum atomic E-state index is 6.78. The smallest absolute Gasteiger partial charge is 0.231 e. The zero-order chi connectivity index (χ0) is 19.7. The molecule has 2 bridgehead atoms. The molecule has 5 atom stereocenters. The first-order valence-corrected chi connectivity index (χ1v) is 13.4. The fourth-order valence-electron chi connectivity index (χ4n) is 5.50. The monoisotopic (exact) mass is 403 g/mol. The van der Waals surface area contributed by atoms with Crippen LogP contribution in [0.1, 0.15) is 17.5 Å². The molecular formula is C21H29NO5Si. The van der Waals surface area contributed by atoms with E-state index in [2.05, 4.69) is 42.8 Å². The van der Waals surface area contributed by atoms with E-state index in [0.717, 1.165) is 36.8 Å². The summed E-state index contributed by atoms with van der Waals surface area (Å²) in [5.74, 6) is 2.32. The maximum Gasteiger partial charge on any atom is 0.231 e. The number of benzene rings is 1.